The first kappa shape index (κ1) is 15.6. The zero-order valence-electron chi connectivity index (χ0n) is 13.9. The van der Waals surface area contributed by atoms with E-state index < -0.39 is 0 Å². The van der Waals surface area contributed by atoms with Gasteiger partial charge in [0, 0.05) is 22.8 Å². The van der Waals surface area contributed by atoms with Crippen molar-refractivity contribution in [2.24, 2.45) is 5.92 Å². The molecule has 126 valence electrons. The first-order valence-electron chi connectivity index (χ1n) is 8.42. The summed E-state index contributed by atoms with van der Waals surface area (Å²) in [5, 5.41) is 13.3. The molecule has 6 heteroatoms. The van der Waals surface area contributed by atoms with E-state index in [4.69, 9.17) is 4.74 Å². The molecule has 1 aromatic heterocycles. The first-order chi connectivity index (χ1) is 11.6. The summed E-state index contributed by atoms with van der Waals surface area (Å²) < 4.78 is 5.73. The molecular formula is C18H21N3O2S. The number of carbonyl (C=O) groups excluding carboxylic acids is 1. The summed E-state index contributed by atoms with van der Waals surface area (Å²) >= 11 is 1.57. The fourth-order valence-electron chi connectivity index (χ4n) is 3.56. The van der Waals surface area contributed by atoms with Gasteiger partial charge < -0.3 is 10.1 Å². The second-order valence-electron chi connectivity index (χ2n) is 6.91. The highest BCUT2D eigenvalue weighted by molar-refractivity contribution is 7.11. The van der Waals surface area contributed by atoms with Crippen LogP contribution in [0.15, 0.2) is 24.3 Å². The third kappa shape index (κ3) is 2.59. The molecule has 1 aliphatic carbocycles. The number of ether oxygens (including phenoxy) is 1. The minimum Gasteiger partial charge on any atom is -0.493 e. The van der Waals surface area contributed by atoms with E-state index in [0.717, 1.165) is 28.6 Å². The van der Waals surface area contributed by atoms with E-state index >= 15 is 0 Å². The van der Waals surface area contributed by atoms with Crippen LogP contribution in [0.5, 0.6) is 5.75 Å². The van der Waals surface area contributed by atoms with Crippen LogP contribution in [0.4, 0.5) is 0 Å². The number of aromatic nitrogens is 2. The van der Waals surface area contributed by atoms with E-state index in [9.17, 15) is 4.79 Å². The number of amides is 1. The zero-order valence-corrected chi connectivity index (χ0v) is 14.7. The normalized spacial score (nSPS) is 24.5. The number of nitrogens with one attached hydrogen (secondary N) is 1. The van der Waals surface area contributed by atoms with Crippen LogP contribution in [0, 0.1) is 5.92 Å². The summed E-state index contributed by atoms with van der Waals surface area (Å²) in [6.07, 6.45) is 1.82. The van der Waals surface area contributed by atoms with Crippen molar-refractivity contribution in [3.8, 4) is 5.75 Å². The highest BCUT2D eigenvalue weighted by atomic mass is 32.1. The lowest BCUT2D eigenvalue weighted by molar-refractivity contribution is -0.123. The minimum absolute atomic E-state index is 0.0247. The van der Waals surface area contributed by atoms with E-state index in [1.54, 1.807) is 11.3 Å². The van der Waals surface area contributed by atoms with Gasteiger partial charge in [0.15, 0.2) is 0 Å². The van der Waals surface area contributed by atoms with Gasteiger partial charge in [0.2, 0.25) is 5.91 Å². The first-order valence-corrected chi connectivity index (χ1v) is 9.24. The van der Waals surface area contributed by atoms with Gasteiger partial charge in [0.1, 0.15) is 15.8 Å². The van der Waals surface area contributed by atoms with Gasteiger partial charge in [-0.3, -0.25) is 4.79 Å². The van der Waals surface area contributed by atoms with E-state index in [1.165, 1.54) is 5.56 Å². The quantitative estimate of drug-likeness (QED) is 0.927. The van der Waals surface area contributed by atoms with Gasteiger partial charge >= 0.3 is 0 Å². The molecule has 1 saturated carbocycles. The summed E-state index contributed by atoms with van der Waals surface area (Å²) in [7, 11) is 0. The molecule has 0 bridgehead atoms. The molecule has 0 unspecified atom stereocenters. The average Bonchev–Trinajstić information content (AvgIpc) is 3.09. The number of hydrogen-bond donors (Lipinski definition) is 1. The fourth-order valence-corrected chi connectivity index (χ4v) is 4.35. The van der Waals surface area contributed by atoms with Crippen LogP contribution in [0.25, 0.3) is 0 Å². The molecule has 1 fully saturated rings. The molecule has 2 atom stereocenters. The molecule has 1 aliphatic heterocycles. The lowest BCUT2D eigenvalue weighted by Crippen LogP contribution is -2.30. The van der Waals surface area contributed by atoms with Crippen LogP contribution < -0.4 is 10.1 Å². The summed E-state index contributed by atoms with van der Waals surface area (Å²) in [5.74, 6) is 1.47. The van der Waals surface area contributed by atoms with Crippen molar-refractivity contribution in [2.75, 3.05) is 6.61 Å². The topological polar surface area (TPSA) is 64.1 Å². The van der Waals surface area contributed by atoms with Gasteiger partial charge in [-0.1, -0.05) is 43.4 Å². The Labute approximate surface area is 145 Å². The third-order valence-electron chi connectivity index (χ3n) is 5.01. The van der Waals surface area contributed by atoms with E-state index in [2.05, 4.69) is 35.4 Å². The van der Waals surface area contributed by atoms with Crippen molar-refractivity contribution in [2.45, 2.75) is 44.6 Å². The lowest BCUT2D eigenvalue weighted by Gasteiger charge is -2.26. The summed E-state index contributed by atoms with van der Waals surface area (Å²) in [6.45, 7) is 5.35. The monoisotopic (exact) mass is 343 g/mol. The average molecular weight is 343 g/mol. The number of benzene rings is 1. The number of rotatable bonds is 4. The van der Waals surface area contributed by atoms with Gasteiger partial charge in [-0.2, -0.15) is 0 Å². The van der Waals surface area contributed by atoms with Gasteiger partial charge in [0.05, 0.1) is 13.2 Å². The minimum atomic E-state index is -0.0247. The maximum Gasteiger partial charge on any atom is 0.224 e. The standard InChI is InChI=1S/C18H21N3O2S/c1-11(2)17-21-20-15(24-17)10-19-16(22)13-9-18(13)7-8-23-14-6-4-3-5-12(14)18/h3-6,11,13H,7-10H2,1-2H3,(H,19,22)/t13-,18-/m0/s1. The van der Waals surface area contributed by atoms with Crippen LogP contribution in [-0.2, 0) is 16.8 Å². The van der Waals surface area contributed by atoms with E-state index in [1.807, 2.05) is 18.2 Å². The van der Waals surface area contributed by atoms with Gasteiger partial charge in [0.25, 0.3) is 0 Å². The summed E-state index contributed by atoms with van der Waals surface area (Å²) in [6, 6.07) is 8.11. The second kappa shape index (κ2) is 5.84. The third-order valence-corrected chi connectivity index (χ3v) is 6.24. The molecular weight excluding hydrogens is 322 g/mol. The molecule has 24 heavy (non-hydrogen) atoms. The molecule has 1 N–H and O–H groups in total. The molecule has 2 heterocycles. The maximum absolute atomic E-state index is 12.6. The Morgan fingerprint density at radius 2 is 2.25 bits per heavy atom. The van der Waals surface area contributed by atoms with Crippen LogP contribution in [0.1, 0.15) is 48.2 Å². The molecule has 1 spiro atoms. The Hall–Kier alpha value is -1.95. The molecule has 5 nitrogen and oxygen atoms in total. The number of para-hydroxylation sites is 1. The number of carbonyl (C=O) groups is 1. The van der Waals surface area contributed by atoms with Crippen LogP contribution in [0.3, 0.4) is 0 Å². The molecule has 0 saturated heterocycles. The Balaban J connectivity index is 1.42. The van der Waals surface area contributed by atoms with Crippen molar-refractivity contribution < 1.29 is 9.53 Å². The highest BCUT2D eigenvalue weighted by Gasteiger charge is 2.60. The van der Waals surface area contributed by atoms with Crippen LogP contribution in [-0.4, -0.2) is 22.7 Å². The van der Waals surface area contributed by atoms with E-state index in [0.29, 0.717) is 19.1 Å². The van der Waals surface area contributed by atoms with Crippen molar-refractivity contribution in [1.29, 1.82) is 0 Å². The van der Waals surface area contributed by atoms with Gasteiger partial charge in [-0.25, -0.2) is 0 Å². The Bertz CT molecular complexity index is 773. The molecule has 1 aromatic carbocycles. The summed E-state index contributed by atoms with van der Waals surface area (Å²) in [5.41, 5.74) is 1.16. The number of nitrogens with zero attached hydrogens (tertiary/aromatic N) is 2. The molecule has 4 rings (SSSR count). The Kier molecular flexibility index (Phi) is 3.79. The van der Waals surface area contributed by atoms with Crippen molar-refractivity contribution in [3.05, 3.63) is 39.8 Å². The summed E-state index contributed by atoms with van der Waals surface area (Å²) in [4.78, 5) is 12.6. The van der Waals surface area contributed by atoms with Crippen molar-refractivity contribution >= 4 is 17.2 Å². The van der Waals surface area contributed by atoms with Gasteiger partial charge in [-0.15, -0.1) is 10.2 Å². The SMILES string of the molecule is CC(C)c1nnc(CNC(=O)[C@@H]2C[C@]23CCOc2ccccc23)s1. The van der Waals surface area contributed by atoms with Crippen molar-refractivity contribution in [1.82, 2.24) is 15.5 Å². The zero-order chi connectivity index (χ0) is 16.7. The highest BCUT2D eigenvalue weighted by Crippen LogP contribution is 2.60. The van der Waals surface area contributed by atoms with Gasteiger partial charge in [-0.05, 0) is 18.9 Å². The lowest BCUT2D eigenvalue weighted by atomic mass is 9.87. The Morgan fingerprint density at radius 1 is 1.42 bits per heavy atom. The predicted octanol–water partition coefficient (Wildman–Crippen LogP) is 3.02. The van der Waals surface area contributed by atoms with E-state index in [-0.39, 0.29) is 17.2 Å². The van der Waals surface area contributed by atoms with Crippen LogP contribution in [0.2, 0.25) is 0 Å². The largest absolute Gasteiger partial charge is 0.493 e. The predicted molar refractivity (Wildman–Crippen MR) is 92.2 cm³/mol. The molecule has 0 radical (unpaired) electrons. The molecule has 2 aromatic rings. The van der Waals surface area contributed by atoms with Crippen LogP contribution >= 0.6 is 11.3 Å². The fraction of sp³-hybridized carbons (Fsp3) is 0.500. The Morgan fingerprint density at radius 3 is 3.04 bits per heavy atom. The number of hydrogen-bond acceptors (Lipinski definition) is 5. The smallest absolute Gasteiger partial charge is 0.224 e. The molecule has 1 amide bonds. The molecule has 2 aliphatic rings. The maximum atomic E-state index is 12.6. The number of fused-ring (bicyclic) bond motifs is 2. The second-order valence-corrected chi connectivity index (χ2v) is 8.01. The van der Waals surface area contributed by atoms with Crippen molar-refractivity contribution in [3.63, 3.8) is 0 Å².